The van der Waals surface area contributed by atoms with Crippen molar-refractivity contribution in [1.29, 1.82) is 0 Å². The molecule has 1 aromatic rings. The molecule has 0 radical (unpaired) electrons. The van der Waals surface area contributed by atoms with Crippen LogP contribution in [-0.2, 0) is 6.42 Å². The van der Waals surface area contributed by atoms with Gasteiger partial charge < -0.3 is 15.3 Å². The first-order valence-electron chi connectivity index (χ1n) is 8.15. The maximum atomic E-state index is 13.3. The number of carbonyl (C=O) groups excluding carboxylic acids is 1. The average molecular weight is 306 g/mol. The van der Waals surface area contributed by atoms with Crippen LogP contribution in [0.3, 0.4) is 0 Å². The van der Waals surface area contributed by atoms with Gasteiger partial charge in [0.1, 0.15) is 5.82 Å². The highest BCUT2D eigenvalue weighted by atomic mass is 19.1. The minimum absolute atomic E-state index is 0.0370. The number of fused-ring (bicyclic) bond motifs is 1. The molecule has 2 atom stereocenters. The number of aliphatic hydroxyl groups is 1. The number of hydrogen-bond acceptors (Lipinski definition) is 2. The van der Waals surface area contributed by atoms with Crippen LogP contribution < -0.4 is 5.32 Å². The highest BCUT2D eigenvalue weighted by molar-refractivity contribution is 5.75. The Hall–Kier alpha value is -1.62. The second kappa shape index (κ2) is 6.65. The van der Waals surface area contributed by atoms with Gasteiger partial charge in [0.25, 0.3) is 0 Å². The monoisotopic (exact) mass is 306 g/mol. The van der Waals surface area contributed by atoms with Crippen molar-refractivity contribution in [2.24, 2.45) is 0 Å². The summed E-state index contributed by atoms with van der Waals surface area (Å²) in [6.07, 6.45) is 4.66. The van der Waals surface area contributed by atoms with Crippen molar-refractivity contribution in [2.45, 2.75) is 50.7 Å². The third-order valence-electron chi connectivity index (χ3n) is 4.70. The second-order valence-electron chi connectivity index (χ2n) is 6.31. The molecule has 1 heterocycles. The first-order chi connectivity index (χ1) is 10.6. The Morgan fingerprint density at radius 1 is 1.23 bits per heavy atom. The van der Waals surface area contributed by atoms with Gasteiger partial charge in [-0.3, -0.25) is 0 Å². The highest BCUT2D eigenvalue weighted by Crippen LogP contribution is 2.30. The third kappa shape index (κ3) is 3.40. The number of carbonyl (C=O) groups is 1. The molecule has 2 N–H and O–H groups in total. The topological polar surface area (TPSA) is 52.6 Å². The van der Waals surface area contributed by atoms with Crippen LogP contribution in [0.15, 0.2) is 18.2 Å². The number of benzene rings is 1. The van der Waals surface area contributed by atoms with Crippen molar-refractivity contribution >= 4 is 6.03 Å². The van der Waals surface area contributed by atoms with Crippen molar-refractivity contribution in [3.8, 4) is 0 Å². The van der Waals surface area contributed by atoms with E-state index in [0.717, 1.165) is 43.2 Å². The normalized spacial score (nSPS) is 25.3. The third-order valence-corrected chi connectivity index (χ3v) is 4.70. The molecule has 2 unspecified atom stereocenters. The quantitative estimate of drug-likeness (QED) is 0.838. The second-order valence-corrected chi connectivity index (χ2v) is 6.31. The number of hydrogen-bond donors (Lipinski definition) is 2. The molecule has 1 fully saturated rings. The van der Waals surface area contributed by atoms with Crippen LogP contribution in [0.25, 0.3) is 0 Å². The number of rotatable bonds is 1. The van der Waals surface area contributed by atoms with Crippen LogP contribution >= 0.6 is 0 Å². The average Bonchev–Trinajstić information content (AvgIpc) is 2.72. The van der Waals surface area contributed by atoms with E-state index < -0.39 is 0 Å². The number of halogens is 1. The molecule has 0 bridgehead atoms. The molecule has 0 aromatic heterocycles. The Labute approximate surface area is 130 Å². The van der Waals surface area contributed by atoms with Crippen LogP contribution in [0.2, 0.25) is 0 Å². The van der Waals surface area contributed by atoms with Gasteiger partial charge in [0.05, 0.1) is 12.1 Å². The van der Waals surface area contributed by atoms with Gasteiger partial charge in [0.2, 0.25) is 0 Å². The van der Waals surface area contributed by atoms with Gasteiger partial charge in [-0.2, -0.15) is 0 Å². The molecule has 1 aliphatic carbocycles. The fourth-order valence-electron chi connectivity index (χ4n) is 3.46. The summed E-state index contributed by atoms with van der Waals surface area (Å²) >= 11 is 0. The van der Waals surface area contributed by atoms with Gasteiger partial charge in [-0.15, -0.1) is 0 Å². The van der Waals surface area contributed by atoms with Gasteiger partial charge >= 0.3 is 6.03 Å². The summed E-state index contributed by atoms with van der Waals surface area (Å²) in [5, 5.41) is 12.8. The van der Waals surface area contributed by atoms with E-state index in [0.29, 0.717) is 19.5 Å². The lowest BCUT2D eigenvalue weighted by atomic mass is 9.87. The lowest BCUT2D eigenvalue weighted by Gasteiger charge is -2.29. The van der Waals surface area contributed by atoms with Crippen LogP contribution in [-0.4, -0.2) is 35.2 Å². The van der Waals surface area contributed by atoms with Crippen LogP contribution in [0, 0.1) is 5.82 Å². The van der Waals surface area contributed by atoms with E-state index in [-0.39, 0.29) is 24.0 Å². The zero-order valence-electron chi connectivity index (χ0n) is 12.7. The molecule has 120 valence electrons. The Morgan fingerprint density at radius 3 is 2.95 bits per heavy atom. The first-order valence-corrected chi connectivity index (χ1v) is 8.15. The van der Waals surface area contributed by atoms with Gasteiger partial charge in [-0.1, -0.05) is 6.07 Å². The predicted molar refractivity (Wildman–Crippen MR) is 82.0 cm³/mol. The molecule has 22 heavy (non-hydrogen) atoms. The minimum atomic E-state index is -0.295. The van der Waals surface area contributed by atoms with Crippen molar-refractivity contribution in [3.05, 3.63) is 35.1 Å². The van der Waals surface area contributed by atoms with Gasteiger partial charge in [-0.05, 0) is 61.8 Å². The van der Waals surface area contributed by atoms with E-state index >= 15 is 0 Å². The number of nitrogens with one attached hydrogen (secondary N) is 1. The fourth-order valence-corrected chi connectivity index (χ4v) is 3.46. The smallest absolute Gasteiger partial charge is 0.317 e. The Kier molecular flexibility index (Phi) is 4.62. The number of nitrogens with zero attached hydrogens (tertiary/aromatic N) is 1. The highest BCUT2D eigenvalue weighted by Gasteiger charge is 2.25. The van der Waals surface area contributed by atoms with Gasteiger partial charge in [-0.25, -0.2) is 9.18 Å². The van der Waals surface area contributed by atoms with Crippen LogP contribution in [0.5, 0.6) is 0 Å². The van der Waals surface area contributed by atoms with E-state index in [9.17, 15) is 14.3 Å². The predicted octanol–water partition coefficient (Wildman–Crippen LogP) is 2.76. The fraction of sp³-hybridized carbons (Fsp3) is 0.588. The molecule has 5 heteroatoms. The molecule has 1 aromatic carbocycles. The number of amides is 2. The lowest BCUT2D eigenvalue weighted by molar-refractivity contribution is 0.155. The maximum absolute atomic E-state index is 13.3. The van der Waals surface area contributed by atoms with E-state index in [4.69, 9.17) is 0 Å². The van der Waals surface area contributed by atoms with Gasteiger partial charge in [0.15, 0.2) is 0 Å². The van der Waals surface area contributed by atoms with Crippen LogP contribution in [0.1, 0.15) is 49.3 Å². The van der Waals surface area contributed by atoms with Crippen molar-refractivity contribution in [3.63, 3.8) is 0 Å². The zero-order chi connectivity index (χ0) is 15.5. The lowest BCUT2D eigenvalue weighted by Crippen LogP contribution is -2.43. The summed E-state index contributed by atoms with van der Waals surface area (Å²) in [5.41, 5.74) is 2.04. The van der Waals surface area contributed by atoms with E-state index in [1.165, 1.54) is 6.07 Å². The molecule has 2 amide bonds. The van der Waals surface area contributed by atoms with Crippen molar-refractivity contribution in [1.82, 2.24) is 10.2 Å². The standard InChI is InChI=1S/C17H23FN2O2/c18-13-6-7-15-12(11-13)3-1-5-16(15)19-17(22)20-9-2-4-14(21)8-10-20/h6-7,11,14,16,21H,1-5,8-10H2,(H,19,22). The van der Waals surface area contributed by atoms with Crippen LogP contribution in [0.4, 0.5) is 9.18 Å². The largest absolute Gasteiger partial charge is 0.393 e. The zero-order valence-corrected chi connectivity index (χ0v) is 12.7. The number of likely N-dealkylation sites (tertiary alicyclic amines) is 1. The van der Waals surface area contributed by atoms with Crippen molar-refractivity contribution < 1.29 is 14.3 Å². The molecule has 1 saturated heterocycles. The summed E-state index contributed by atoms with van der Waals surface area (Å²) in [6, 6.07) is 4.73. The molecular weight excluding hydrogens is 283 g/mol. The van der Waals surface area contributed by atoms with E-state index in [2.05, 4.69) is 5.32 Å². The minimum Gasteiger partial charge on any atom is -0.393 e. The number of urea groups is 1. The summed E-state index contributed by atoms with van der Waals surface area (Å²) < 4.78 is 13.3. The van der Waals surface area contributed by atoms with E-state index in [1.807, 2.05) is 0 Å². The molecule has 0 saturated carbocycles. The Bertz CT molecular complexity index is 549. The summed E-state index contributed by atoms with van der Waals surface area (Å²) in [7, 11) is 0. The summed E-state index contributed by atoms with van der Waals surface area (Å²) in [6.45, 7) is 1.28. The molecule has 1 aliphatic heterocycles. The molecular formula is C17H23FN2O2. The van der Waals surface area contributed by atoms with Crippen molar-refractivity contribution in [2.75, 3.05) is 13.1 Å². The summed E-state index contributed by atoms with van der Waals surface area (Å²) in [4.78, 5) is 14.2. The number of aryl methyl sites for hydroxylation is 1. The summed E-state index contributed by atoms with van der Waals surface area (Å²) in [5.74, 6) is -0.216. The molecule has 2 aliphatic rings. The van der Waals surface area contributed by atoms with Gasteiger partial charge in [0, 0.05) is 13.1 Å². The molecule has 0 spiro atoms. The maximum Gasteiger partial charge on any atom is 0.317 e. The first kappa shape index (κ1) is 15.3. The Morgan fingerprint density at radius 2 is 2.09 bits per heavy atom. The molecule has 3 rings (SSSR count). The SMILES string of the molecule is O=C(NC1CCCc2cc(F)ccc21)N1CCCC(O)CC1. The van der Waals surface area contributed by atoms with E-state index in [1.54, 1.807) is 17.0 Å². The Balaban J connectivity index is 1.67. The number of aliphatic hydroxyl groups excluding tert-OH is 1. The molecule has 4 nitrogen and oxygen atoms in total.